The Morgan fingerprint density at radius 3 is 2.45 bits per heavy atom. The summed E-state index contributed by atoms with van der Waals surface area (Å²) < 4.78 is 5.10. The van der Waals surface area contributed by atoms with Crippen molar-refractivity contribution < 1.29 is 19.1 Å². The molecule has 1 aliphatic heterocycles. The average Bonchev–Trinajstić information content (AvgIpc) is 3.04. The zero-order valence-corrected chi connectivity index (χ0v) is 21.1. The molecule has 2 aromatic rings. The summed E-state index contributed by atoms with van der Waals surface area (Å²) in [6, 6.07) is 9.62. The maximum absolute atomic E-state index is 12.8. The number of hydrogen-bond acceptors (Lipinski definition) is 6. The second-order valence-electron chi connectivity index (χ2n) is 6.84. The summed E-state index contributed by atoms with van der Waals surface area (Å²) in [5.41, 5.74) is 1.53. The smallest absolute Gasteiger partial charge is 0.337 e. The number of esters is 1. The monoisotopic (exact) mass is 542 g/mol. The van der Waals surface area contributed by atoms with Crippen LogP contribution in [0.4, 0.5) is 5.69 Å². The number of halogens is 3. The van der Waals surface area contributed by atoms with E-state index in [1.54, 1.807) is 30.3 Å². The third-order valence-corrected chi connectivity index (χ3v) is 6.99. The minimum atomic E-state index is -0.432. The van der Waals surface area contributed by atoms with E-state index in [2.05, 4.69) is 10.1 Å². The van der Waals surface area contributed by atoms with E-state index in [1.165, 1.54) is 35.9 Å². The third-order valence-electron chi connectivity index (χ3n) is 4.57. The third kappa shape index (κ3) is 6.49. The minimum Gasteiger partial charge on any atom is -0.465 e. The van der Waals surface area contributed by atoms with Crippen LogP contribution in [0.15, 0.2) is 41.3 Å². The first kappa shape index (κ1) is 25.5. The molecule has 0 aromatic heterocycles. The van der Waals surface area contributed by atoms with Gasteiger partial charge in [0.1, 0.15) is 4.32 Å². The first-order chi connectivity index (χ1) is 15.7. The molecule has 1 saturated heterocycles. The van der Waals surface area contributed by atoms with Crippen molar-refractivity contribution in [3.8, 4) is 0 Å². The number of nitrogens with zero attached hydrogens (tertiary/aromatic N) is 1. The van der Waals surface area contributed by atoms with Gasteiger partial charge < -0.3 is 10.1 Å². The quantitative estimate of drug-likeness (QED) is 0.198. The Morgan fingerprint density at radius 2 is 1.79 bits per heavy atom. The lowest BCUT2D eigenvalue weighted by Gasteiger charge is -2.14. The van der Waals surface area contributed by atoms with Crippen molar-refractivity contribution in [1.82, 2.24) is 4.90 Å². The van der Waals surface area contributed by atoms with Crippen LogP contribution in [0.3, 0.4) is 0 Å². The molecular formula is C22H17Cl3N2O4S2. The van der Waals surface area contributed by atoms with E-state index in [-0.39, 0.29) is 28.3 Å². The molecule has 0 atom stereocenters. The van der Waals surface area contributed by atoms with Gasteiger partial charge in [0.2, 0.25) is 5.91 Å². The molecule has 2 aromatic carbocycles. The van der Waals surface area contributed by atoms with Gasteiger partial charge in [0.05, 0.1) is 38.3 Å². The van der Waals surface area contributed by atoms with Gasteiger partial charge in [-0.15, -0.1) is 0 Å². The molecule has 0 spiro atoms. The van der Waals surface area contributed by atoms with Crippen LogP contribution in [0, 0.1) is 0 Å². The van der Waals surface area contributed by atoms with Crippen LogP contribution in [0.25, 0.3) is 6.08 Å². The summed E-state index contributed by atoms with van der Waals surface area (Å²) in [7, 11) is 1.31. The van der Waals surface area contributed by atoms with E-state index >= 15 is 0 Å². The van der Waals surface area contributed by atoms with Crippen molar-refractivity contribution in [2.24, 2.45) is 0 Å². The highest BCUT2D eigenvalue weighted by Crippen LogP contribution is 2.34. The van der Waals surface area contributed by atoms with Crippen molar-refractivity contribution in [2.75, 3.05) is 19.0 Å². The predicted molar refractivity (Wildman–Crippen MR) is 137 cm³/mol. The summed E-state index contributed by atoms with van der Waals surface area (Å²) >= 11 is 24.4. The van der Waals surface area contributed by atoms with Crippen LogP contribution in [0.1, 0.15) is 28.8 Å². The second kappa shape index (κ2) is 11.4. The van der Waals surface area contributed by atoms with Gasteiger partial charge in [-0.2, -0.15) is 0 Å². The number of benzene rings is 2. The highest BCUT2D eigenvalue weighted by atomic mass is 35.5. The largest absolute Gasteiger partial charge is 0.465 e. The van der Waals surface area contributed by atoms with Crippen molar-refractivity contribution in [3.63, 3.8) is 0 Å². The topological polar surface area (TPSA) is 75.7 Å². The molecule has 0 aliphatic carbocycles. The molecule has 6 nitrogen and oxygen atoms in total. The normalized spacial score (nSPS) is 14.7. The molecule has 1 aliphatic rings. The number of rotatable bonds is 7. The number of hydrogen-bond donors (Lipinski definition) is 1. The molecule has 11 heteroatoms. The minimum absolute atomic E-state index is 0.154. The Balaban J connectivity index is 1.56. The molecule has 1 fully saturated rings. The number of ether oxygens (including phenoxy) is 1. The van der Waals surface area contributed by atoms with Crippen molar-refractivity contribution in [1.29, 1.82) is 0 Å². The molecule has 0 radical (unpaired) electrons. The molecule has 1 heterocycles. The van der Waals surface area contributed by atoms with E-state index in [1.807, 2.05) is 0 Å². The standard InChI is InChI=1S/C22H17Cl3N2O4S2/c1-31-21(30)13-6-4-12(5-7-13)9-18-20(29)27(22(32)33-18)8-2-3-19(28)26-17-11-15(24)14(23)10-16(17)25/h4-7,9-11H,2-3,8H2,1H3,(H,26,28). The first-order valence-corrected chi connectivity index (χ1v) is 11.9. The van der Waals surface area contributed by atoms with Crippen LogP contribution < -0.4 is 5.32 Å². The van der Waals surface area contributed by atoms with Gasteiger partial charge in [0.25, 0.3) is 5.91 Å². The molecule has 172 valence electrons. The Bertz CT molecular complexity index is 1150. The molecular weight excluding hydrogens is 527 g/mol. The Kier molecular flexibility index (Phi) is 8.78. The number of carbonyl (C=O) groups is 3. The van der Waals surface area contributed by atoms with E-state index < -0.39 is 5.97 Å². The van der Waals surface area contributed by atoms with Gasteiger partial charge in [-0.3, -0.25) is 14.5 Å². The maximum Gasteiger partial charge on any atom is 0.337 e. The van der Waals surface area contributed by atoms with Crippen LogP contribution in [-0.4, -0.2) is 40.7 Å². The number of methoxy groups -OCH3 is 1. The van der Waals surface area contributed by atoms with Crippen LogP contribution in [-0.2, 0) is 14.3 Å². The van der Waals surface area contributed by atoms with E-state index in [9.17, 15) is 14.4 Å². The Labute approximate surface area is 215 Å². The maximum atomic E-state index is 12.8. The van der Waals surface area contributed by atoms with E-state index in [4.69, 9.17) is 47.0 Å². The van der Waals surface area contributed by atoms with Gasteiger partial charge >= 0.3 is 5.97 Å². The van der Waals surface area contributed by atoms with Gasteiger partial charge in [0, 0.05) is 13.0 Å². The molecule has 3 rings (SSSR count). The lowest BCUT2D eigenvalue weighted by molar-refractivity contribution is -0.122. The first-order valence-electron chi connectivity index (χ1n) is 9.57. The van der Waals surface area contributed by atoms with Crippen LogP contribution in [0.2, 0.25) is 15.1 Å². The highest BCUT2D eigenvalue weighted by molar-refractivity contribution is 8.26. The lowest BCUT2D eigenvalue weighted by Crippen LogP contribution is -2.29. The van der Waals surface area contributed by atoms with Gasteiger partial charge in [-0.25, -0.2) is 4.79 Å². The van der Waals surface area contributed by atoms with Gasteiger partial charge in [-0.05, 0) is 42.3 Å². The molecule has 0 unspecified atom stereocenters. The Hall–Kier alpha value is -2.10. The summed E-state index contributed by atoms with van der Waals surface area (Å²) in [4.78, 5) is 38.5. The highest BCUT2D eigenvalue weighted by Gasteiger charge is 2.31. The molecule has 2 amide bonds. The average molecular weight is 544 g/mol. The number of thiocarbonyl (C=S) groups is 1. The molecule has 0 saturated carbocycles. The number of nitrogens with one attached hydrogen (secondary N) is 1. The molecule has 1 N–H and O–H groups in total. The fourth-order valence-corrected chi connectivity index (χ4v) is 4.81. The predicted octanol–water partition coefficient (Wildman–Crippen LogP) is 6.05. The van der Waals surface area contributed by atoms with E-state index in [0.29, 0.717) is 38.5 Å². The molecule has 33 heavy (non-hydrogen) atoms. The van der Waals surface area contributed by atoms with Crippen LogP contribution in [0.5, 0.6) is 0 Å². The number of anilines is 1. The summed E-state index contributed by atoms with van der Waals surface area (Å²) in [5, 5.41) is 3.53. The summed E-state index contributed by atoms with van der Waals surface area (Å²) in [5.74, 6) is -0.935. The fourth-order valence-electron chi connectivity index (χ4n) is 2.91. The second-order valence-corrected chi connectivity index (χ2v) is 9.74. The van der Waals surface area contributed by atoms with Gasteiger partial charge in [-0.1, -0.05) is 70.9 Å². The number of carbonyl (C=O) groups excluding carboxylic acids is 3. The SMILES string of the molecule is COC(=O)c1ccc(C=C2SC(=S)N(CCCC(=O)Nc3cc(Cl)c(Cl)cc3Cl)C2=O)cc1. The summed E-state index contributed by atoms with van der Waals surface area (Å²) in [6.45, 7) is 0.297. The Morgan fingerprint density at radius 1 is 1.12 bits per heavy atom. The van der Waals surface area contributed by atoms with Crippen LogP contribution >= 0.6 is 58.8 Å². The van der Waals surface area contributed by atoms with Crippen molar-refractivity contribution >= 4 is 92.7 Å². The number of thioether (sulfide) groups is 1. The van der Waals surface area contributed by atoms with E-state index in [0.717, 1.165) is 5.56 Å². The zero-order valence-electron chi connectivity index (χ0n) is 17.2. The summed E-state index contributed by atoms with van der Waals surface area (Å²) in [6.07, 6.45) is 2.26. The lowest BCUT2D eigenvalue weighted by atomic mass is 10.1. The van der Waals surface area contributed by atoms with Crippen molar-refractivity contribution in [2.45, 2.75) is 12.8 Å². The zero-order chi connectivity index (χ0) is 24.1. The fraction of sp³-hybridized carbons (Fsp3) is 0.182. The molecule has 0 bridgehead atoms. The number of amides is 2. The van der Waals surface area contributed by atoms with Crippen molar-refractivity contribution in [3.05, 3.63) is 67.5 Å². The van der Waals surface area contributed by atoms with Gasteiger partial charge in [0.15, 0.2) is 0 Å².